The predicted octanol–water partition coefficient (Wildman–Crippen LogP) is 8.25. The molecule has 0 aliphatic carbocycles. The second kappa shape index (κ2) is 30.8. The third-order valence-corrected chi connectivity index (χ3v) is 9.41. The van der Waals surface area contributed by atoms with Crippen LogP contribution in [0.4, 0.5) is 0 Å². The van der Waals surface area contributed by atoms with Crippen LogP contribution in [0.3, 0.4) is 0 Å². The number of carbonyl (C=O) groups excluding carboxylic acids is 2. The largest absolute Gasteiger partial charge is 0.463 e. The number of rotatable bonds is 31. The molecule has 0 amide bonds. The Labute approximate surface area is 304 Å². The normalized spacial score (nSPS) is 20.9. The molecule has 0 saturated carbocycles. The summed E-state index contributed by atoms with van der Waals surface area (Å²) in [6, 6.07) is 0. The van der Waals surface area contributed by atoms with E-state index >= 15 is 0 Å². The maximum atomic E-state index is 12.1. The van der Waals surface area contributed by atoms with Crippen LogP contribution in [0.5, 0.6) is 0 Å². The van der Waals surface area contributed by atoms with Gasteiger partial charge in [0.15, 0.2) is 6.29 Å². The number of carbonyl (C=O) groups is 2. The summed E-state index contributed by atoms with van der Waals surface area (Å²) in [6.07, 6.45) is 25.7. The minimum Gasteiger partial charge on any atom is -0.463 e. The van der Waals surface area contributed by atoms with Crippen molar-refractivity contribution in [1.82, 2.24) is 0 Å². The number of unbranched alkanes of at least 4 members (excludes halogenated alkanes) is 14. The summed E-state index contributed by atoms with van der Waals surface area (Å²) in [7, 11) is 0. The quantitative estimate of drug-likeness (QED) is 0.0318. The van der Waals surface area contributed by atoms with Gasteiger partial charge < -0.3 is 34.6 Å². The molecule has 1 rings (SSSR count). The highest BCUT2D eigenvalue weighted by molar-refractivity contribution is 5.69. The zero-order chi connectivity index (χ0) is 36.8. The molecule has 1 aliphatic rings. The molecule has 0 aromatic heterocycles. The molecule has 0 bridgehead atoms. The summed E-state index contributed by atoms with van der Waals surface area (Å²) in [6.45, 7) is 6.30. The van der Waals surface area contributed by atoms with Crippen molar-refractivity contribution in [2.45, 2.75) is 199 Å². The molecule has 0 aromatic rings. The lowest BCUT2D eigenvalue weighted by Gasteiger charge is -2.36. The number of hydrogen-bond acceptors (Lipinski definition) is 9. The van der Waals surface area contributed by atoms with Gasteiger partial charge in [0.1, 0.15) is 19.3 Å². The monoisotopic (exact) mass is 711 g/mol. The molecule has 6 atom stereocenters. The molecule has 1 heterocycles. The molecule has 0 aromatic carbocycles. The van der Waals surface area contributed by atoms with E-state index in [2.05, 4.69) is 20.8 Å². The van der Waals surface area contributed by atoms with Gasteiger partial charge in [-0.15, -0.1) is 0 Å². The average molecular weight is 711 g/mol. The van der Waals surface area contributed by atoms with Crippen molar-refractivity contribution in [1.29, 1.82) is 0 Å². The zero-order valence-electron chi connectivity index (χ0n) is 31.9. The van der Waals surface area contributed by atoms with Crippen molar-refractivity contribution >= 4 is 11.9 Å². The van der Waals surface area contributed by atoms with E-state index in [1.165, 1.54) is 64.2 Å². The number of allylic oxidation sites excluding steroid dienone is 2. The third-order valence-electron chi connectivity index (χ3n) is 9.41. The Kier molecular flexibility index (Phi) is 28.5. The van der Waals surface area contributed by atoms with E-state index in [4.69, 9.17) is 14.2 Å². The minimum absolute atomic E-state index is 0.137. The molecule has 1 aliphatic heterocycles. The van der Waals surface area contributed by atoms with Crippen molar-refractivity contribution in [2.24, 2.45) is 11.8 Å². The van der Waals surface area contributed by atoms with Gasteiger partial charge in [0.25, 0.3) is 0 Å². The predicted molar refractivity (Wildman–Crippen MR) is 199 cm³/mol. The molecule has 50 heavy (non-hydrogen) atoms. The standard InChI is InChI=1S/C41H74O9/c1-4-5-18-24-34(42)28-29-38-36(37(44)30-41(47)50-38)25-20-16-17-22-27-40(46)49-32-35(43)31-48-39(45)26-21-15-13-11-9-7-6-8-10-12-14-19-23-33(2)3/h16,20,28-29,33-38,41-44,47H,4-15,17-19,21-27,30-32H2,1-3H3/b20-16-,29-28+/t34-,35+,36-,37-,38+,41?/m0/s1. The first kappa shape index (κ1) is 46.2. The fourth-order valence-corrected chi connectivity index (χ4v) is 6.25. The molecule has 0 spiro atoms. The lowest BCUT2D eigenvalue weighted by atomic mass is 9.87. The zero-order valence-corrected chi connectivity index (χ0v) is 31.9. The number of ether oxygens (including phenoxy) is 3. The van der Waals surface area contributed by atoms with Crippen molar-refractivity contribution in [2.75, 3.05) is 13.2 Å². The number of esters is 2. The van der Waals surface area contributed by atoms with Crippen LogP contribution >= 0.6 is 0 Å². The molecule has 1 fully saturated rings. The van der Waals surface area contributed by atoms with Crippen LogP contribution in [-0.4, -0.2) is 76.3 Å². The van der Waals surface area contributed by atoms with Gasteiger partial charge >= 0.3 is 11.9 Å². The molecule has 1 saturated heterocycles. The molecule has 292 valence electrons. The van der Waals surface area contributed by atoms with E-state index in [1.54, 1.807) is 12.2 Å². The maximum absolute atomic E-state index is 12.1. The van der Waals surface area contributed by atoms with Crippen LogP contribution in [0.2, 0.25) is 0 Å². The van der Waals surface area contributed by atoms with E-state index in [0.717, 1.165) is 44.4 Å². The highest BCUT2D eigenvalue weighted by atomic mass is 16.6. The summed E-state index contributed by atoms with van der Waals surface area (Å²) in [5.41, 5.74) is 0. The molecule has 9 nitrogen and oxygen atoms in total. The van der Waals surface area contributed by atoms with Gasteiger partial charge in [-0.2, -0.15) is 0 Å². The highest BCUT2D eigenvalue weighted by Crippen LogP contribution is 2.29. The topological polar surface area (TPSA) is 143 Å². The molecule has 0 radical (unpaired) electrons. The second-order valence-corrected chi connectivity index (χ2v) is 14.8. The van der Waals surface area contributed by atoms with Crippen molar-refractivity contribution < 1.29 is 44.2 Å². The summed E-state index contributed by atoms with van der Waals surface area (Å²) >= 11 is 0. The molecule has 9 heteroatoms. The molecular formula is C41H74O9. The first-order valence-electron chi connectivity index (χ1n) is 20.1. The van der Waals surface area contributed by atoms with Gasteiger partial charge in [-0.25, -0.2) is 0 Å². The Morgan fingerprint density at radius 3 is 1.86 bits per heavy atom. The highest BCUT2D eigenvalue weighted by Gasteiger charge is 2.35. The molecule has 1 unspecified atom stereocenters. The lowest BCUT2D eigenvalue weighted by Crippen LogP contribution is -2.43. The van der Waals surface area contributed by atoms with Crippen molar-refractivity contribution in [3.05, 3.63) is 24.3 Å². The molecule has 4 N–H and O–H groups in total. The van der Waals surface area contributed by atoms with E-state index < -0.39 is 36.7 Å². The van der Waals surface area contributed by atoms with E-state index in [1.807, 2.05) is 12.2 Å². The van der Waals surface area contributed by atoms with Crippen LogP contribution in [0.15, 0.2) is 24.3 Å². The Balaban J connectivity index is 2.07. The van der Waals surface area contributed by atoms with E-state index in [-0.39, 0.29) is 37.9 Å². The summed E-state index contributed by atoms with van der Waals surface area (Å²) in [5, 5.41) is 40.8. The Hall–Kier alpha value is -1.78. The third kappa shape index (κ3) is 26.1. The SMILES string of the molecule is CCCCC[C@H](O)/C=C/[C@H]1OC(O)C[C@H](O)[C@@H]1C/C=C\CCCC(=O)OC[C@H](O)COC(=O)CCCCCCCCCCCCCCC(C)C. The minimum atomic E-state index is -1.05. The van der Waals surface area contributed by atoms with E-state index in [9.17, 15) is 30.0 Å². The Morgan fingerprint density at radius 1 is 0.740 bits per heavy atom. The van der Waals surface area contributed by atoms with Gasteiger partial charge in [0, 0.05) is 25.2 Å². The van der Waals surface area contributed by atoms with Gasteiger partial charge in [0.2, 0.25) is 0 Å². The van der Waals surface area contributed by atoms with E-state index in [0.29, 0.717) is 32.1 Å². The fourth-order valence-electron chi connectivity index (χ4n) is 6.25. The van der Waals surface area contributed by atoms with Crippen molar-refractivity contribution in [3.63, 3.8) is 0 Å². The number of aliphatic hydroxyl groups excluding tert-OH is 4. The van der Waals surface area contributed by atoms with Crippen LogP contribution in [0.1, 0.15) is 168 Å². The fraction of sp³-hybridized carbons (Fsp3) is 0.854. The molecular weight excluding hydrogens is 636 g/mol. The van der Waals surface area contributed by atoms with Gasteiger partial charge in [-0.3, -0.25) is 9.59 Å². The number of aliphatic hydroxyl groups is 4. The Bertz CT molecular complexity index is 889. The van der Waals surface area contributed by atoms with Crippen LogP contribution < -0.4 is 0 Å². The van der Waals surface area contributed by atoms with Crippen LogP contribution in [0, 0.1) is 11.8 Å². The van der Waals surface area contributed by atoms with Gasteiger partial charge in [-0.1, -0.05) is 141 Å². The smallest absolute Gasteiger partial charge is 0.305 e. The van der Waals surface area contributed by atoms with Crippen molar-refractivity contribution in [3.8, 4) is 0 Å². The van der Waals surface area contributed by atoms with Crippen LogP contribution in [-0.2, 0) is 23.8 Å². The summed E-state index contributed by atoms with van der Waals surface area (Å²) in [4.78, 5) is 24.1. The number of hydrogen-bond donors (Lipinski definition) is 4. The maximum Gasteiger partial charge on any atom is 0.305 e. The van der Waals surface area contributed by atoms with Crippen LogP contribution in [0.25, 0.3) is 0 Å². The van der Waals surface area contributed by atoms with Gasteiger partial charge in [-0.05, 0) is 38.0 Å². The Morgan fingerprint density at radius 2 is 1.28 bits per heavy atom. The van der Waals surface area contributed by atoms with Gasteiger partial charge in [0.05, 0.1) is 18.3 Å². The summed E-state index contributed by atoms with van der Waals surface area (Å²) < 4.78 is 15.9. The average Bonchev–Trinajstić information content (AvgIpc) is 3.07. The first-order chi connectivity index (χ1) is 24.1. The first-order valence-corrected chi connectivity index (χ1v) is 20.1. The lowest BCUT2D eigenvalue weighted by molar-refractivity contribution is -0.199. The second-order valence-electron chi connectivity index (χ2n) is 14.8. The summed E-state index contributed by atoms with van der Waals surface area (Å²) in [5.74, 6) is -0.181.